The highest BCUT2D eigenvalue weighted by Crippen LogP contribution is 2.21. The van der Waals surface area contributed by atoms with Crippen molar-refractivity contribution < 1.29 is 13.2 Å². The normalized spacial score (nSPS) is 11.4. The Labute approximate surface area is 114 Å². The summed E-state index contributed by atoms with van der Waals surface area (Å²) in [5, 5.41) is 2.45. The van der Waals surface area contributed by atoms with Crippen molar-refractivity contribution in [3.63, 3.8) is 0 Å². The van der Waals surface area contributed by atoms with Crippen LogP contribution >= 0.6 is 0 Å². The lowest BCUT2D eigenvalue weighted by molar-refractivity contribution is -0.120. The lowest BCUT2D eigenvalue weighted by Crippen LogP contribution is -2.30. The molecule has 0 spiro atoms. The zero-order valence-corrected chi connectivity index (χ0v) is 12.5. The standard InChI is InChI=1S/C13H20N2O3S/c1-9-7-10(2)13(11(3)8-9)19(17,18)15-6-5-12(16)14-4/h7-8,15H,5-6H2,1-4H3,(H,14,16). The molecular formula is C13H20N2O3S. The second kappa shape index (κ2) is 6.16. The number of carbonyl (C=O) groups is 1. The van der Waals surface area contributed by atoms with E-state index in [0.29, 0.717) is 16.0 Å². The molecule has 0 aliphatic carbocycles. The quantitative estimate of drug-likeness (QED) is 0.848. The maximum atomic E-state index is 12.2. The van der Waals surface area contributed by atoms with E-state index in [4.69, 9.17) is 0 Å². The maximum Gasteiger partial charge on any atom is 0.241 e. The van der Waals surface area contributed by atoms with Gasteiger partial charge in [-0.15, -0.1) is 0 Å². The molecule has 0 aliphatic heterocycles. The van der Waals surface area contributed by atoms with Crippen LogP contribution in [0.1, 0.15) is 23.1 Å². The Kier molecular flexibility index (Phi) is 5.08. The van der Waals surface area contributed by atoms with Gasteiger partial charge < -0.3 is 5.32 Å². The van der Waals surface area contributed by atoms with Gasteiger partial charge in [0.15, 0.2) is 0 Å². The van der Waals surface area contributed by atoms with Crippen molar-refractivity contribution >= 4 is 15.9 Å². The monoisotopic (exact) mass is 284 g/mol. The lowest BCUT2D eigenvalue weighted by Gasteiger charge is -2.12. The molecule has 1 aromatic carbocycles. The molecule has 0 heterocycles. The third kappa shape index (κ3) is 4.04. The Hall–Kier alpha value is -1.40. The molecule has 0 aliphatic rings. The number of sulfonamides is 1. The third-order valence-electron chi connectivity index (χ3n) is 2.80. The molecular weight excluding hydrogens is 264 g/mol. The van der Waals surface area contributed by atoms with Gasteiger partial charge >= 0.3 is 0 Å². The van der Waals surface area contributed by atoms with E-state index in [1.165, 1.54) is 7.05 Å². The number of nitrogens with one attached hydrogen (secondary N) is 2. The molecule has 19 heavy (non-hydrogen) atoms. The number of aryl methyl sites for hydroxylation is 3. The van der Waals surface area contributed by atoms with Crippen molar-refractivity contribution in [3.05, 3.63) is 28.8 Å². The van der Waals surface area contributed by atoms with Gasteiger partial charge in [-0.3, -0.25) is 4.79 Å². The fourth-order valence-corrected chi connectivity index (χ4v) is 3.57. The SMILES string of the molecule is CNC(=O)CCNS(=O)(=O)c1c(C)cc(C)cc1C. The second-order valence-corrected chi connectivity index (χ2v) is 6.25. The average Bonchev–Trinajstić information content (AvgIpc) is 2.26. The van der Waals surface area contributed by atoms with E-state index in [-0.39, 0.29) is 18.9 Å². The minimum absolute atomic E-state index is 0.0920. The van der Waals surface area contributed by atoms with Gasteiger partial charge in [0.05, 0.1) is 4.90 Å². The van der Waals surface area contributed by atoms with Crippen LogP contribution in [-0.4, -0.2) is 27.9 Å². The number of carbonyl (C=O) groups excluding carboxylic acids is 1. The summed E-state index contributed by atoms with van der Waals surface area (Å²) in [6.45, 7) is 5.56. The molecule has 6 heteroatoms. The first-order valence-electron chi connectivity index (χ1n) is 6.06. The van der Waals surface area contributed by atoms with Crippen molar-refractivity contribution in [2.75, 3.05) is 13.6 Å². The van der Waals surface area contributed by atoms with E-state index in [9.17, 15) is 13.2 Å². The first-order valence-corrected chi connectivity index (χ1v) is 7.54. The molecule has 0 atom stereocenters. The smallest absolute Gasteiger partial charge is 0.241 e. The molecule has 2 N–H and O–H groups in total. The minimum Gasteiger partial charge on any atom is -0.359 e. The molecule has 0 radical (unpaired) electrons. The van der Waals surface area contributed by atoms with E-state index < -0.39 is 10.0 Å². The van der Waals surface area contributed by atoms with Gasteiger partial charge in [-0.25, -0.2) is 13.1 Å². The molecule has 0 unspecified atom stereocenters. The Balaban J connectivity index is 2.92. The number of rotatable bonds is 5. The summed E-state index contributed by atoms with van der Waals surface area (Å²) in [5.41, 5.74) is 2.45. The van der Waals surface area contributed by atoms with Crippen LogP contribution in [0.2, 0.25) is 0 Å². The van der Waals surface area contributed by atoms with Crippen LogP contribution in [0, 0.1) is 20.8 Å². The summed E-state index contributed by atoms with van der Waals surface area (Å²) in [5.74, 6) is -0.194. The van der Waals surface area contributed by atoms with Gasteiger partial charge in [0.25, 0.3) is 0 Å². The summed E-state index contributed by atoms with van der Waals surface area (Å²) in [6.07, 6.45) is 0.125. The van der Waals surface area contributed by atoms with Gasteiger partial charge in [0.1, 0.15) is 0 Å². The summed E-state index contributed by atoms with van der Waals surface area (Å²) >= 11 is 0. The Morgan fingerprint density at radius 2 is 1.68 bits per heavy atom. The molecule has 0 fully saturated rings. The van der Waals surface area contributed by atoms with E-state index in [1.807, 2.05) is 19.1 Å². The molecule has 0 saturated heterocycles. The Morgan fingerprint density at radius 1 is 1.16 bits per heavy atom. The third-order valence-corrected chi connectivity index (χ3v) is 4.56. The van der Waals surface area contributed by atoms with Crippen molar-refractivity contribution in [3.8, 4) is 0 Å². The number of hydrogen-bond acceptors (Lipinski definition) is 3. The van der Waals surface area contributed by atoms with Crippen LogP contribution < -0.4 is 10.0 Å². The van der Waals surface area contributed by atoms with Gasteiger partial charge in [0, 0.05) is 20.0 Å². The Bertz CT molecular complexity index is 557. The highest BCUT2D eigenvalue weighted by molar-refractivity contribution is 7.89. The zero-order chi connectivity index (χ0) is 14.6. The minimum atomic E-state index is -3.57. The van der Waals surface area contributed by atoms with Crippen molar-refractivity contribution in [1.82, 2.24) is 10.0 Å². The summed E-state index contributed by atoms with van der Waals surface area (Å²) < 4.78 is 26.9. The molecule has 0 aromatic heterocycles. The first kappa shape index (κ1) is 15.7. The molecule has 0 saturated carbocycles. The predicted molar refractivity (Wildman–Crippen MR) is 74.5 cm³/mol. The summed E-state index contributed by atoms with van der Waals surface area (Å²) in [7, 11) is -2.05. The van der Waals surface area contributed by atoms with Crippen LogP contribution in [0.3, 0.4) is 0 Å². The maximum absolute atomic E-state index is 12.2. The van der Waals surface area contributed by atoms with Crippen molar-refractivity contribution in [2.45, 2.75) is 32.1 Å². The van der Waals surface area contributed by atoms with E-state index in [2.05, 4.69) is 10.0 Å². The van der Waals surface area contributed by atoms with E-state index in [1.54, 1.807) is 13.8 Å². The van der Waals surface area contributed by atoms with Gasteiger partial charge in [-0.1, -0.05) is 17.7 Å². The topological polar surface area (TPSA) is 75.3 Å². The molecule has 106 valence electrons. The first-order chi connectivity index (χ1) is 8.77. The molecule has 1 aromatic rings. The van der Waals surface area contributed by atoms with Crippen LogP contribution in [-0.2, 0) is 14.8 Å². The summed E-state index contributed by atoms with van der Waals surface area (Å²) in [6, 6.07) is 3.67. The number of benzene rings is 1. The van der Waals surface area contributed by atoms with Crippen LogP contribution in [0.25, 0.3) is 0 Å². The predicted octanol–water partition coefficient (Wildman–Crippen LogP) is 1.03. The molecule has 5 nitrogen and oxygen atoms in total. The highest BCUT2D eigenvalue weighted by Gasteiger charge is 2.19. The van der Waals surface area contributed by atoms with E-state index in [0.717, 1.165) is 5.56 Å². The van der Waals surface area contributed by atoms with Gasteiger partial charge in [-0.2, -0.15) is 0 Å². The Morgan fingerprint density at radius 3 is 2.16 bits per heavy atom. The zero-order valence-electron chi connectivity index (χ0n) is 11.7. The van der Waals surface area contributed by atoms with Crippen molar-refractivity contribution in [2.24, 2.45) is 0 Å². The number of amides is 1. The average molecular weight is 284 g/mol. The molecule has 1 rings (SSSR count). The fourth-order valence-electron chi connectivity index (χ4n) is 2.09. The van der Waals surface area contributed by atoms with Crippen LogP contribution in [0.15, 0.2) is 17.0 Å². The largest absolute Gasteiger partial charge is 0.359 e. The van der Waals surface area contributed by atoms with Gasteiger partial charge in [0.2, 0.25) is 15.9 Å². The van der Waals surface area contributed by atoms with Gasteiger partial charge in [-0.05, 0) is 31.9 Å². The molecule has 0 bridgehead atoms. The second-order valence-electron chi connectivity index (χ2n) is 4.55. The fraction of sp³-hybridized carbons (Fsp3) is 0.462. The van der Waals surface area contributed by atoms with E-state index >= 15 is 0 Å². The van der Waals surface area contributed by atoms with Crippen LogP contribution in [0.4, 0.5) is 0 Å². The summed E-state index contributed by atoms with van der Waals surface area (Å²) in [4.78, 5) is 11.4. The lowest BCUT2D eigenvalue weighted by atomic mass is 10.1. The van der Waals surface area contributed by atoms with Crippen molar-refractivity contribution in [1.29, 1.82) is 0 Å². The van der Waals surface area contributed by atoms with Crippen LogP contribution in [0.5, 0.6) is 0 Å². The molecule has 1 amide bonds. The number of hydrogen-bond donors (Lipinski definition) is 2. The highest BCUT2D eigenvalue weighted by atomic mass is 32.2.